The van der Waals surface area contributed by atoms with E-state index in [2.05, 4.69) is 4.98 Å². The van der Waals surface area contributed by atoms with E-state index in [-0.39, 0.29) is 0 Å². The molecule has 0 aliphatic heterocycles. The molecule has 0 radical (unpaired) electrons. The molecule has 6 heteroatoms. The van der Waals surface area contributed by atoms with Gasteiger partial charge in [-0.05, 0) is 18.4 Å². The van der Waals surface area contributed by atoms with Crippen LogP contribution in [0.1, 0.15) is 5.56 Å². The van der Waals surface area contributed by atoms with Crippen molar-refractivity contribution < 1.29 is 4.74 Å². The van der Waals surface area contributed by atoms with Crippen LogP contribution in [0.25, 0.3) is 0 Å². The van der Waals surface area contributed by atoms with Gasteiger partial charge in [-0.3, -0.25) is 4.98 Å². The van der Waals surface area contributed by atoms with E-state index in [4.69, 9.17) is 34.3 Å². The number of nitrogens with zero attached hydrogens (tertiary/aromatic N) is 1. The average Bonchev–Trinajstić information content (AvgIpc) is 2.38. The van der Waals surface area contributed by atoms with Gasteiger partial charge in [0.05, 0.1) is 16.8 Å². The Morgan fingerprint density at radius 3 is 2.84 bits per heavy atom. The molecule has 0 unspecified atom stereocenters. The number of nitrogens with two attached hydrogens (primary N) is 1. The first-order valence-corrected chi connectivity index (χ1v) is 7.38. The first-order valence-electron chi connectivity index (χ1n) is 5.37. The third-order valence-corrected chi connectivity index (χ3v) is 3.55. The molecule has 2 rings (SSSR count). The van der Waals surface area contributed by atoms with Crippen molar-refractivity contribution in [3.8, 4) is 11.5 Å². The van der Waals surface area contributed by atoms with Crippen LogP contribution in [0, 0.1) is 0 Å². The van der Waals surface area contributed by atoms with E-state index in [9.17, 15) is 0 Å². The van der Waals surface area contributed by atoms with Crippen molar-refractivity contribution in [1.82, 2.24) is 4.98 Å². The summed E-state index contributed by atoms with van der Waals surface area (Å²) in [5.41, 5.74) is 6.50. The van der Waals surface area contributed by atoms with Crippen LogP contribution in [0.5, 0.6) is 11.5 Å². The second-order valence-corrected chi connectivity index (χ2v) is 5.36. The van der Waals surface area contributed by atoms with Gasteiger partial charge in [0.1, 0.15) is 16.5 Å². The third-order valence-electron chi connectivity index (χ3n) is 2.36. The molecule has 0 aliphatic rings. The predicted octanol–water partition coefficient (Wildman–Crippen LogP) is 3.88. The molecule has 2 N–H and O–H groups in total. The number of aromatic nitrogens is 1. The van der Waals surface area contributed by atoms with Crippen molar-refractivity contribution in [2.75, 3.05) is 6.26 Å². The lowest BCUT2D eigenvalue weighted by atomic mass is 10.2. The molecule has 98 valence electrons. The normalized spacial score (nSPS) is 10.2. The van der Waals surface area contributed by atoms with E-state index < -0.39 is 0 Å². The van der Waals surface area contributed by atoms with Crippen LogP contribution in [0.15, 0.2) is 41.6 Å². The summed E-state index contributed by atoms with van der Waals surface area (Å²) in [7, 11) is 0. The number of rotatable bonds is 4. The van der Waals surface area contributed by atoms with Crippen LogP contribution in [-0.2, 0) is 0 Å². The maximum atomic E-state index is 5.87. The van der Waals surface area contributed by atoms with Gasteiger partial charge >= 0.3 is 0 Å². The van der Waals surface area contributed by atoms with Crippen molar-refractivity contribution in [3.05, 3.63) is 47.2 Å². The zero-order valence-electron chi connectivity index (χ0n) is 10.1. The van der Waals surface area contributed by atoms with E-state index in [1.165, 1.54) is 0 Å². The number of thioether (sulfide) groups is 1. The number of ether oxygens (including phenoxy) is 1. The number of benzene rings is 1. The standard InChI is InChI=1S/C13H11ClN2OS2/c1-19-11-4-2-3-10(12(11)13(15)18)17-9-5-8(14)6-16-7-9/h2-7H,1H3,(H2,15,18). The minimum atomic E-state index is 0.301. The fourth-order valence-corrected chi connectivity index (χ4v) is 2.65. The van der Waals surface area contributed by atoms with Gasteiger partial charge in [0, 0.05) is 17.2 Å². The molecule has 19 heavy (non-hydrogen) atoms. The van der Waals surface area contributed by atoms with Crippen LogP contribution < -0.4 is 10.5 Å². The molecule has 0 spiro atoms. The molecule has 1 aromatic carbocycles. The van der Waals surface area contributed by atoms with Crippen LogP contribution in [0.3, 0.4) is 0 Å². The number of hydrogen-bond acceptors (Lipinski definition) is 4. The minimum Gasteiger partial charge on any atom is -0.455 e. The Morgan fingerprint density at radius 1 is 1.42 bits per heavy atom. The van der Waals surface area contributed by atoms with Gasteiger partial charge in [-0.15, -0.1) is 11.8 Å². The first kappa shape index (κ1) is 14.1. The highest BCUT2D eigenvalue weighted by Gasteiger charge is 2.12. The number of halogens is 1. The predicted molar refractivity (Wildman–Crippen MR) is 83.4 cm³/mol. The Morgan fingerprint density at radius 2 is 2.21 bits per heavy atom. The van der Waals surface area contributed by atoms with Gasteiger partial charge in [-0.2, -0.15) is 0 Å². The monoisotopic (exact) mass is 310 g/mol. The van der Waals surface area contributed by atoms with Crippen molar-refractivity contribution in [2.24, 2.45) is 5.73 Å². The van der Waals surface area contributed by atoms with Gasteiger partial charge in [-0.25, -0.2) is 0 Å². The number of pyridine rings is 1. The van der Waals surface area contributed by atoms with Crippen molar-refractivity contribution in [3.63, 3.8) is 0 Å². The van der Waals surface area contributed by atoms with Crippen LogP contribution in [0.2, 0.25) is 5.02 Å². The molecule has 0 aliphatic carbocycles. The van der Waals surface area contributed by atoms with Crippen LogP contribution >= 0.6 is 35.6 Å². The summed E-state index contributed by atoms with van der Waals surface area (Å²) in [5.74, 6) is 1.15. The highest BCUT2D eigenvalue weighted by atomic mass is 35.5. The molecule has 0 saturated carbocycles. The van der Waals surface area contributed by atoms with Crippen LogP contribution in [-0.4, -0.2) is 16.2 Å². The lowest BCUT2D eigenvalue weighted by molar-refractivity contribution is 0.478. The molecule has 1 aromatic heterocycles. The molecule has 0 saturated heterocycles. The van der Waals surface area contributed by atoms with Gasteiger partial charge in [-0.1, -0.05) is 29.9 Å². The lowest BCUT2D eigenvalue weighted by Gasteiger charge is -2.13. The highest BCUT2D eigenvalue weighted by molar-refractivity contribution is 7.98. The maximum Gasteiger partial charge on any atom is 0.147 e. The van der Waals surface area contributed by atoms with Gasteiger partial charge in [0.2, 0.25) is 0 Å². The van der Waals surface area contributed by atoms with Crippen molar-refractivity contribution in [2.45, 2.75) is 4.90 Å². The summed E-state index contributed by atoms with van der Waals surface area (Å²) in [6, 6.07) is 7.34. The van der Waals surface area contributed by atoms with Crippen LogP contribution in [0.4, 0.5) is 0 Å². The quantitative estimate of drug-likeness (QED) is 0.686. The Hall–Kier alpha value is -1.30. The molecule has 2 aromatic rings. The summed E-state index contributed by atoms with van der Waals surface area (Å²) in [6.07, 6.45) is 5.09. The highest BCUT2D eigenvalue weighted by Crippen LogP contribution is 2.32. The topological polar surface area (TPSA) is 48.1 Å². The summed E-state index contributed by atoms with van der Waals surface area (Å²) in [4.78, 5) is 5.24. The summed E-state index contributed by atoms with van der Waals surface area (Å²) in [6.45, 7) is 0. The minimum absolute atomic E-state index is 0.301. The van der Waals surface area contributed by atoms with E-state index in [1.807, 2.05) is 24.5 Å². The second-order valence-electron chi connectivity index (χ2n) is 3.64. The maximum absolute atomic E-state index is 5.87. The molecule has 0 amide bonds. The largest absolute Gasteiger partial charge is 0.455 e. The average molecular weight is 311 g/mol. The first-order chi connectivity index (χ1) is 9.11. The molecular weight excluding hydrogens is 300 g/mol. The Labute approximate surface area is 126 Å². The van der Waals surface area contributed by atoms with Crippen molar-refractivity contribution >= 4 is 40.6 Å². The van der Waals surface area contributed by atoms with E-state index in [0.29, 0.717) is 21.5 Å². The molecule has 0 fully saturated rings. The summed E-state index contributed by atoms with van der Waals surface area (Å²) < 4.78 is 5.77. The molecule has 3 nitrogen and oxygen atoms in total. The van der Waals surface area contributed by atoms with Gasteiger partial charge in [0.15, 0.2) is 0 Å². The molecule has 0 atom stereocenters. The fraction of sp³-hybridized carbons (Fsp3) is 0.0769. The summed E-state index contributed by atoms with van der Waals surface area (Å²) in [5, 5.41) is 0.510. The zero-order chi connectivity index (χ0) is 13.8. The van der Waals surface area contributed by atoms with Crippen molar-refractivity contribution in [1.29, 1.82) is 0 Å². The molecular formula is C13H11ClN2OS2. The molecule has 1 heterocycles. The zero-order valence-corrected chi connectivity index (χ0v) is 12.5. The molecule has 0 bridgehead atoms. The van der Waals surface area contributed by atoms with Gasteiger partial charge < -0.3 is 10.5 Å². The number of hydrogen-bond donors (Lipinski definition) is 1. The van der Waals surface area contributed by atoms with E-state index >= 15 is 0 Å². The SMILES string of the molecule is CSc1cccc(Oc2cncc(Cl)c2)c1C(N)=S. The smallest absolute Gasteiger partial charge is 0.147 e. The Balaban J connectivity index is 2.42. The Kier molecular flexibility index (Phi) is 4.63. The van der Waals surface area contributed by atoms with E-state index in [0.717, 1.165) is 10.5 Å². The second kappa shape index (κ2) is 6.23. The summed E-state index contributed by atoms with van der Waals surface area (Å²) >= 11 is 12.5. The Bertz CT molecular complexity index is 619. The van der Waals surface area contributed by atoms with Gasteiger partial charge in [0.25, 0.3) is 0 Å². The third kappa shape index (κ3) is 3.37. The fourth-order valence-electron chi connectivity index (χ4n) is 1.58. The van der Waals surface area contributed by atoms with E-state index in [1.54, 1.807) is 30.2 Å². The number of thiocarbonyl (C=S) groups is 1. The lowest BCUT2D eigenvalue weighted by Crippen LogP contribution is -2.12.